The molecular weight excluding hydrogens is 719 g/mol. The Bertz CT molecular complexity index is 3170. The third kappa shape index (κ3) is 6.07. The summed E-state index contributed by atoms with van der Waals surface area (Å²) in [6.45, 7) is 4.66. The Morgan fingerprint density at radius 2 is 0.780 bits per heavy atom. The molecule has 10 aromatic rings. The van der Waals surface area contributed by atoms with Crippen LogP contribution in [0.4, 0.5) is 0 Å². The summed E-state index contributed by atoms with van der Waals surface area (Å²) >= 11 is 0. The molecule has 3 aromatic heterocycles. The first kappa shape index (κ1) is 34.6. The summed E-state index contributed by atoms with van der Waals surface area (Å²) in [6.07, 6.45) is 0. The Kier molecular flexibility index (Phi) is 8.09. The Morgan fingerprint density at radius 1 is 0.305 bits per heavy atom. The molecule has 0 amide bonds. The maximum Gasteiger partial charge on any atom is 0.164 e. The Hall–Kier alpha value is -7.63. The van der Waals surface area contributed by atoms with Crippen LogP contribution in [0.25, 0.3) is 101 Å². The van der Waals surface area contributed by atoms with E-state index < -0.39 is 0 Å². The van der Waals surface area contributed by atoms with Crippen molar-refractivity contribution in [3.05, 3.63) is 199 Å². The number of hydrogen-bond acceptors (Lipinski definition) is 5. The molecule has 0 saturated carbocycles. The molecule has 0 saturated heterocycles. The van der Waals surface area contributed by atoms with E-state index in [0.717, 1.165) is 61.0 Å². The zero-order chi connectivity index (χ0) is 39.5. The van der Waals surface area contributed by atoms with Crippen molar-refractivity contribution in [1.82, 2.24) is 24.9 Å². The molecule has 0 radical (unpaired) electrons. The molecule has 0 N–H and O–H groups in total. The highest BCUT2D eigenvalue weighted by Crippen LogP contribution is 2.49. The molecule has 0 aliphatic heterocycles. The lowest BCUT2D eigenvalue weighted by molar-refractivity contribution is 0.660. The van der Waals surface area contributed by atoms with Gasteiger partial charge in [0.1, 0.15) is 0 Å². The monoisotopic (exact) mass is 755 g/mol. The van der Waals surface area contributed by atoms with Crippen LogP contribution < -0.4 is 0 Å². The van der Waals surface area contributed by atoms with Crippen molar-refractivity contribution < 1.29 is 0 Å². The molecule has 11 rings (SSSR count). The molecule has 59 heavy (non-hydrogen) atoms. The quantitative estimate of drug-likeness (QED) is 0.158. The number of aromatic nitrogens is 5. The van der Waals surface area contributed by atoms with Crippen LogP contribution in [-0.4, -0.2) is 24.9 Å². The maximum atomic E-state index is 5.27. The summed E-state index contributed by atoms with van der Waals surface area (Å²) in [6, 6.07) is 65.6. The van der Waals surface area contributed by atoms with E-state index in [9.17, 15) is 0 Å². The maximum absolute atomic E-state index is 5.27. The standard InChI is InChI=1S/C54H37N5/c1-54(2)45-19-10-9-18-43(45)44-29-26-40(33-46(44)54)34-20-22-35(23-21-34)47-30-27-36-24-25-37-28-31-48(56-50(37)49(36)55-47)41-16-11-17-42(32-41)53-58-51(38-12-5-3-6-13-38)57-52(59-53)39-14-7-4-8-15-39/h3-33H,1-2H3. The highest BCUT2D eigenvalue weighted by molar-refractivity contribution is 6.04. The number of hydrogen-bond donors (Lipinski definition) is 0. The summed E-state index contributed by atoms with van der Waals surface area (Å²) in [5, 5.41) is 2.08. The van der Waals surface area contributed by atoms with Crippen molar-refractivity contribution >= 4 is 21.8 Å². The molecule has 5 heteroatoms. The molecule has 0 spiro atoms. The molecular formula is C54H37N5. The van der Waals surface area contributed by atoms with Gasteiger partial charge in [0.2, 0.25) is 0 Å². The van der Waals surface area contributed by atoms with Gasteiger partial charge in [-0.15, -0.1) is 0 Å². The van der Waals surface area contributed by atoms with E-state index in [1.54, 1.807) is 0 Å². The highest BCUT2D eigenvalue weighted by atomic mass is 15.0. The largest absolute Gasteiger partial charge is 0.245 e. The van der Waals surface area contributed by atoms with Gasteiger partial charge in [-0.3, -0.25) is 0 Å². The first-order valence-electron chi connectivity index (χ1n) is 20.0. The van der Waals surface area contributed by atoms with Gasteiger partial charge in [0, 0.05) is 44.0 Å². The Morgan fingerprint density at radius 3 is 1.42 bits per heavy atom. The summed E-state index contributed by atoms with van der Waals surface area (Å²) in [5.41, 5.74) is 16.1. The van der Waals surface area contributed by atoms with Crippen molar-refractivity contribution in [2.45, 2.75) is 19.3 Å². The minimum Gasteiger partial charge on any atom is -0.245 e. The minimum atomic E-state index is -0.0381. The molecule has 0 fully saturated rings. The van der Waals surface area contributed by atoms with Gasteiger partial charge in [-0.25, -0.2) is 24.9 Å². The minimum absolute atomic E-state index is 0.0381. The van der Waals surface area contributed by atoms with E-state index >= 15 is 0 Å². The normalized spacial score (nSPS) is 12.7. The van der Waals surface area contributed by atoms with Crippen LogP contribution >= 0.6 is 0 Å². The van der Waals surface area contributed by atoms with Crippen molar-refractivity contribution in [2.75, 3.05) is 0 Å². The van der Waals surface area contributed by atoms with Crippen LogP contribution in [0.2, 0.25) is 0 Å². The summed E-state index contributed by atoms with van der Waals surface area (Å²) in [4.78, 5) is 25.3. The van der Waals surface area contributed by atoms with Crippen LogP contribution in [0.1, 0.15) is 25.0 Å². The third-order valence-corrected chi connectivity index (χ3v) is 11.7. The van der Waals surface area contributed by atoms with Crippen LogP contribution in [0.3, 0.4) is 0 Å². The van der Waals surface area contributed by atoms with E-state index in [0.29, 0.717) is 17.5 Å². The van der Waals surface area contributed by atoms with Crippen LogP contribution in [0.5, 0.6) is 0 Å². The van der Waals surface area contributed by atoms with Gasteiger partial charge in [-0.2, -0.15) is 0 Å². The first-order chi connectivity index (χ1) is 29.0. The van der Waals surface area contributed by atoms with Crippen LogP contribution in [0.15, 0.2) is 188 Å². The topological polar surface area (TPSA) is 64.5 Å². The Labute approximate surface area is 342 Å². The fourth-order valence-electron chi connectivity index (χ4n) is 8.56. The number of rotatable bonds is 6. The van der Waals surface area contributed by atoms with E-state index in [1.807, 2.05) is 72.8 Å². The predicted molar refractivity (Wildman–Crippen MR) is 241 cm³/mol. The second-order valence-corrected chi connectivity index (χ2v) is 15.7. The zero-order valence-electron chi connectivity index (χ0n) is 32.6. The van der Waals surface area contributed by atoms with E-state index in [1.165, 1.54) is 33.4 Å². The first-order valence-corrected chi connectivity index (χ1v) is 20.0. The van der Waals surface area contributed by atoms with E-state index in [2.05, 4.69) is 129 Å². The molecule has 0 bridgehead atoms. The predicted octanol–water partition coefficient (Wildman–Crippen LogP) is 13.3. The summed E-state index contributed by atoms with van der Waals surface area (Å²) in [7, 11) is 0. The molecule has 0 atom stereocenters. The molecule has 1 aliphatic carbocycles. The Balaban J connectivity index is 0.937. The van der Waals surface area contributed by atoms with Crippen molar-refractivity contribution in [3.63, 3.8) is 0 Å². The van der Waals surface area contributed by atoms with Gasteiger partial charge in [-0.1, -0.05) is 178 Å². The SMILES string of the molecule is CC1(C)c2ccccc2-c2ccc(-c3ccc(-c4ccc5ccc6ccc(-c7cccc(-c8nc(-c9ccccc9)nc(-c9ccccc9)n8)c7)nc6c5n4)cc3)cc21. The van der Waals surface area contributed by atoms with E-state index in [4.69, 9.17) is 24.9 Å². The molecule has 0 unspecified atom stereocenters. The molecule has 5 nitrogen and oxygen atoms in total. The third-order valence-electron chi connectivity index (χ3n) is 11.7. The smallest absolute Gasteiger partial charge is 0.164 e. The van der Waals surface area contributed by atoms with Crippen molar-refractivity contribution in [3.8, 4) is 78.9 Å². The molecule has 1 aliphatic rings. The lowest BCUT2D eigenvalue weighted by atomic mass is 9.81. The average Bonchev–Trinajstić information content (AvgIpc) is 3.54. The lowest BCUT2D eigenvalue weighted by Gasteiger charge is -2.22. The molecule has 278 valence electrons. The highest BCUT2D eigenvalue weighted by Gasteiger charge is 2.35. The van der Waals surface area contributed by atoms with Crippen molar-refractivity contribution in [1.29, 1.82) is 0 Å². The fourth-order valence-corrected chi connectivity index (χ4v) is 8.56. The lowest BCUT2D eigenvalue weighted by Crippen LogP contribution is -2.14. The summed E-state index contributed by atoms with van der Waals surface area (Å²) < 4.78 is 0. The number of fused-ring (bicyclic) bond motifs is 6. The van der Waals surface area contributed by atoms with Gasteiger partial charge in [0.05, 0.1) is 22.4 Å². The van der Waals surface area contributed by atoms with E-state index in [-0.39, 0.29) is 5.41 Å². The fraction of sp³-hybridized carbons (Fsp3) is 0.0556. The van der Waals surface area contributed by atoms with Gasteiger partial charge in [0.25, 0.3) is 0 Å². The number of benzene rings is 7. The van der Waals surface area contributed by atoms with Gasteiger partial charge in [-0.05, 0) is 57.6 Å². The van der Waals surface area contributed by atoms with Crippen LogP contribution in [0, 0.1) is 0 Å². The van der Waals surface area contributed by atoms with Gasteiger partial charge >= 0.3 is 0 Å². The van der Waals surface area contributed by atoms with Crippen molar-refractivity contribution in [2.24, 2.45) is 0 Å². The van der Waals surface area contributed by atoms with Gasteiger partial charge < -0.3 is 0 Å². The number of nitrogens with zero attached hydrogens (tertiary/aromatic N) is 5. The van der Waals surface area contributed by atoms with Crippen LogP contribution in [-0.2, 0) is 5.41 Å². The second kappa shape index (κ2) is 13.8. The second-order valence-electron chi connectivity index (χ2n) is 15.7. The average molecular weight is 756 g/mol. The molecule has 3 heterocycles. The zero-order valence-corrected chi connectivity index (χ0v) is 32.6. The van der Waals surface area contributed by atoms with Gasteiger partial charge in [0.15, 0.2) is 17.5 Å². The molecule has 7 aromatic carbocycles. The number of pyridine rings is 2. The summed E-state index contributed by atoms with van der Waals surface area (Å²) in [5.74, 6) is 1.87.